The average Bonchev–Trinajstić information content (AvgIpc) is 2.96. The van der Waals surface area contributed by atoms with E-state index in [1.807, 2.05) is 6.08 Å². The molecule has 0 saturated heterocycles. The molecule has 0 spiro atoms. The molecule has 202 valence electrons. The molecule has 0 bridgehead atoms. The molecular weight excluding hydrogens is 486 g/mol. The fourth-order valence-electron chi connectivity index (χ4n) is 4.93. The van der Waals surface area contributed by atoms with Crippen molar-refractivity contribution in [3.63, 3.8) is 0 Å². The van der Waals surface area contributed by atoms with E-state index < -0.39 is 0 Å². The molecule has 1 aromatic heterocycles. The monoisotopic (exact) mass is 525 g/mol. The zero-order chi connectivity index (χ0) is 28.5. The van der Waals surface area contributed by atoms with Gasteiger partial charge in [0.05, 0.1) is 0 Å². The Bertz CT molecular complexity index is 1560. The highest BCUT2D eigenvalue weighted by atomic mass is 15.0. The number of allylic oxidation sites excluding steroid dienone is 4. The molecule has 1 aliphatic rings. The number of hydrogen-bond donors (Lipinski definition) is 0. The van der Waals surface area contributed by atoms with Crippen LogP contribution in [-0.2, 0) is 5.41 Å². The fourth-order valence-corrected chi connectivity index (χ4v) is 4.93. The predicted molar refractivity (Wildman–Crippen MR) is 170 cm³/mol. The van der Waals surface area contributed by atoms with Crippen LogP contribution >= 0.6 is 0 Å². The van der Waals surface area contributed by atoms with E-state index in [0.29, 0.717) is 23.4 Å². The van der Waals surface area contributed by atoms with E-state index in [2.05, 4.69) is 139 Å². The molecule has 3 aromatic carbocycles. The van der Waals surface area contributed by atoms with Crippen LogP contribution in [0.1, 0.15) is 64.9 Å². The maximum Gasteiger partial charge on any atom is 0.164 e. The molecule has 5 rings (SSSR count). The molecular formula is C37H39N3. The zero-order valence-corrected chi connectivity index (χ0v) is 24.6. The van der Waals surface area contributed by atoms with E-state index in [1.165, 1.54) is 11.1 Å². The smallest absolute Gasteiger partial charge is 0.164 e. The van der Waals surface area contributed by atoms with E-state index in [-0.39, 0.29) is 10.8 Å². The number of benzene rings is 3. The van der Waals surface area contributed by atoms with Gasteiger partial charge in [-0.25, -0.2) is 15.0 Å². The maximum absolute atomic E-state index is 4.97. The minimum Gasteiger partial charge on any atom is -0.208 e. The van der Waals surface area contributed by atoms with Gasteiger partial charge >= 0.3 is 0 Å². The second-order valence-electron chi connectivity index (χ2n) is 12.8. The van der Waals surface area contributed by atoms with Crippen molar-refractivity contribution in [1.82, 2.24) is 15.0 Å². The van der Waals surface area contributed by atoms with Crippen LogP contribution in [0.2, 0.25) is 0 Å². The van der Waals surface area contributed by atoms with Crippen molar-refractivity contribution in [2.24, 2.45) is 11.3 Å². The van der Waals surface area contributed by atoms with Crippen LogP contribution in [0.4, 0.5) is 0 Å². The molecule has 0 aliphatic heterocycles. The van der Waals surface area contributed by atoms with Crippen LogP contribution in [0.3, 0.4) is 0 Å². The second kappa shape index (κ2) is 10.8. The molecule has 0 fully saturated rings. The summed E-state index contributed by atoms with van der Waals surface area (Å²) in [4.78, 5) is 14.9. The molecule has 0 radical (unpaired) electrons. The number of aromatic nitrogens is 3. The molecule has 1 unspecified atom stereocenters. The highest BCUT2D eigenvalue weighted by molar-refractivity contribution is 5.74. The topological polar surface area (TPSA) is 38.7 Å². The molecule has 40 heavy (non-hydrogen) atoms. The second-order valence-corrected chi connectivity index (χ2v) is 12.8. The first-order valence-corrected chi connectivity index (χ1v) is 14.1. The lowest BCUT2D eigenvalue weighted by Gasteiger charge is -2.29. The summed E-state index contributed by atoms with van der Waals surface area (Å²) in [6.45, 7) is 17.4. The summed E-state index contributed by atoms with van der Waals surface area (Å²) in [6, 6.07) is 25.5. The molecule has 3 heteroatoms. The van der Waals surface area contributed by atoms with Gasteiger partial charge in [-0.2, -0.15) is 0 Å². The summed E-state index contributed by atoms with van der Waals surface area (Å²) in [5, 5.41) is 0. The molecule has 1 atom stereocenters. The highest BCUT2D eigenvalue weighted by Crippen LogP contribution is 2.35. The minimum atomic E-state index is 0.0863. The van der Waals surface area contributed by atoms with Gasteiger partial charge in [0, 0.05) is 16.7 Å². The van der Waals surface area contributed by atoms with Gasteiger partial charge in [-0.15, -0.1) is 0 Å². The van der Waals surface area contributed by atoms with Gasteiger partial charge < -0.3 is 0 Å². The summed E-state index contributed by atoms with van der Waals surface area (Å²) >= 11 is 0. The normalized spacial score (nSPS) is 15.6. The van der Waals surface area contributed by atoms with Crippen LogP contribution in [-0.4, -0.2) is 15.0 Å². The Hall–Kier alpha value is -4.11. The summed E-state index contributed by atoms with van der Waals surface area (Å²) < 4.78 is 0. The highest BCUT2D eigenvalue weighted by Gasteiger charge is 2.24. The summed E-state index contributed by atoms with van der Waals surface area (Å²) in [7, 11) is 0. The molecule has 3 nitrogen and oxygen atoms in total. The number of nitrogens with zero attached hydrogens (tertiary/aromatic N) is 3. The van der Waals surface area contributed by atoms with Gasteiger partial charge in [-0.1, -0.05) is 145 Å². The largest absolute Gasteiger partial charge is 0.208 e. The average molecular weight is 526 g/mol. The third kappa shape index (κ3) is 6.04. The number of rotatable bonds is 5. The molecule has 4 aromatic rings. The Kier molecular flexibility index (Phi) is 7.42. The Labute approximate surface area is 239 Å². The van der Waals surface area contributed by atoms with Crippen molar-refractivity contribution in [2.45, 2.75) is 53.4 Å². The van der Waals surface area contributed by atoms with E-state index in [1.54, 1.807) is 0 Å². The third-order valence-electron chi connectivity index (χ3n) is 7.74. The zero-order valence-electron chi connectivity index (χ0n) is 24.6. The number of hydrogen-bond acceptors (Lipinski definition) is 3. The SMILES string of the molecule is C=Cc1ccc(-c2ccc(-c3nc(C4=CCC(C(C)(C)C)C=C4)nc(-c4ccc(C(C)(C)C)cc4)n3)cc2)cc1. The fraction of sp³-hybridized carbons (Fsp3) is 0.270. The first-order valence-electron chi connectivity index (χ1n) is 14.1. The third-order valence-corrected chi connectivity index (χ3v) is 7.74. The first kappa shape index (κ1) is 27.5. The van der Waals surface area contributed by atoms with E-state index in [9.17, 15) is 0 Å². The molecule has 1 aliphatic carbocycles. The molecule has 1 heterocycles. The van der Waals surface area contributed by atoms with Gasteiger partial charge in [0.15, 0.2) is 17.5 Å². The standard InChI is InChI=1S/C37H39N3/c1-8-25-9-11-26(12-10-25)27-13-15-28(16-14-27)33-38-34(29-17-21-31(22-18-29)36(2,3)4)40-35(39-33)30-19-23-32(24-20-30)37(5,6)7/h8-23,32H,1,24H2,2-7H3. The van der Waals surface area contributed by atoms with Gasteiger partial charge in [0.25, 0.3) is 0 Å². The van der Waals surface area contributed by atoms with Crippen LogP contribution < -0.4 is 0 Å². The molecule has 0 amide bonds. The lowest BCUT2D eigenvalue weighted by molar-refractivity contribution is 0.294. The quantitative estimate of drug-likeness (QED) is 0.260. The van der Waals surface area contributed by atoms with E-state index >= 15 is 0 Å². The van der Waals surface area contributed by atoms with Crippen molar-refractivity contribution in [3.05, 3.63) is 115 Å². The van der Waals surface area contributed by atoms with Crippen molar-refractivity contribution in [1.29, 1.82) is 0 Å². The van der Waals surface area contributed by atoms with Crippen molar-refractivity contribution >= 4 is 11.6 Å². The van der Waals surface area contributed by atoms with Crippen molar-refractivity contribution < 1.29 is 0 Å². The van der Waals surface area contributed by atoms with Gasteiger partial charge in [0.2, 0.25) is 0 Å². The lowest BCUT2D eigenvalue weighted by Crippen LogP contribution is -2.19. The Balaban J connectivity index is 1.53. The Morgan fingerprint density at radius 2 is 1.12 bits per heavy atom. The lowest BCUT2D eigenvalue weighted by atomic mass is 9.76. The van der Waals surface area contributed by atoms with Crippen LogP contribution in [0.25, 0.3) is 45.6 Å². The van der Waals surface area contributed by atoms with Gasteiger partial charge in [-0.3, -0.25) is 0 Å². The summed E-state index contributed by atoms with van der Waals surface area (Å²) in [5.41, 5.74) is 8.03. The van der Waals surface area contributed by atoms with Crippen LogP contribution in [0.5, 0.6) is 0 Å². The summed E-state index contributed by atoms with van der Waals surface area (Å²) in [5.74, 6) is 2.58. The van der Waals surface area contributed by atoms with Gasteiger partial charge in [-0.05, 0) is 45.4 Å². The van der Waals surface area contributed by atoms with Gasteiger partial charge in [0.1, 0.15) is 0 Å². The Morgan fingerprint density at radius 1 is 0.650 bits per heavy atom. The van der Waals surface area contributed by atoms with E-state index in [0.717, 1.165) is 34.2 Å². The predicted octanol–water partition coefficient (Wildman–Crippen LogP) is 9.82. The summed E-state index contributed by atoms with van der Waals surface area (Å²) in [6.07, 6.45) is 9.60. The first-order chi connectivity index (χ1) is 19.0. The van der Waals surface area contributed by atoms with Crippen molar-refractivity contribution in [3.8, 4) is 33.9 Å². The maximum atomic E-state index is 4.97. The Morgan fingerprint density at radius 3 is 1.57 bits per heavy atom. The molecule has 0 saturated carbocycles. The van der Waals surface area contributed by atoms with Crippen molar-refractivity contribution in [2.75, 3.05) is 0 Å². The van der Waals surface area contributed by atoms with E-state index in [4.69, 9.17) is 15.0 Å². The van der Waals surface area contributed by atoms with Crippen LogP contribution in [0, 0.1) is 11.3 Å². The van der Waals surface area contributed by atoms with Crippen LogP contribution in [0.15, 0.2) is 97.6 Å². The molecule has 0 N–H and O–H groups in total. The minimum absolute atomic E-state index is 0.0863.